The van der Waals surface area contributed by atoms with Gasteiger partial charge in [-0.2, -0.15) is 0 Å². The number of hydrogen-bond acceptors (Lipinski definition) is 3. The van der Waals surface area contributed by atoms with Crippen LogP contribution in [0.25, 0.3) is 21.8 Å². The van der Waals surface area contributed by atoms with Gasteiger partial charge >= 0.3 is 0 Å². The molecule has 31 heavy (non-hydrogen) atoms. The minimum Gasteiger partial charge on any atom is -0.340 e. The van der Waals surface area contributed by atoms with Crippen molar-refractivity contribution in [3.8, 4) is 0 Å². The summed E-state index contributed by atoms with van der Waals surface area (Å²) in [5.74, 6) is 2.33. The summed E-state index contributed by atoms with van der Waals surface area (Å²) < 4.78 is 0. The van der Waals surface area contributed by atoms with E-state index in [0.717, 1.165) is 11.6 Å². The summed E-state index contributed by atoms with van der Waals surface area (Å²) in [5.41, 5.74) is 5.13. The zero-order valence-corrected chi connectivity index (χ0v) is 19.2. The van der Waals surface area contributed by atoms with Gasteiger partial charge in [-0.15, -0.1) is 0 Å². The number of fused-ring (bicyclic) bond motifs is 8. The van der Waals surface area contributed by atoms with Crippen LogP contribution < -0.4 is 4.90 Å². The molecule has 2 N–H and O–H groups in total. The SMILES string of the molecule is CC(C)(C)c1cc2c3c(c1)Sc1c([nH]c4ccccc14)N3c1[nH]c3ccccc3c1S2. The Hall–Kier alpha value is -2.76. The Balaban J connectivity index is 1.60. The van der Waals surface area contributed by atoms with Crippen LogP contribution in [0.3, 0.4) is 0 Å². The van der Waals surface area contributed by atoms with Crippen molar-refractivity contribution < 1.29 is 0 Å². The van der Waals surface area contributed by atoms with Crippen LogP contribution in [0.2, 0.25) is 0 Å². The molecule has 0 aliphatic carbocycles. The molecule has 0 amide bonds. The number of nitrogens with zero attached hydrogens (tertiary/aromatic N) is 1. The maximum absolute atomic E-state index is 3.72. The van der Waals surface area contributed by atoms with Gasteiger partial charge in [0.25, 0.3) is 0 Å². The van der Waals surface area contributed by atoms with E-state index in [1.807, 2.05) is 23.5 Å². The van der Waals surface area contributed by atoms with Gasteiger partial charge in [0.05, 0.1) is 15.5 Å². The number of para-hydroxylation sites is 2. The second-order valence-electron chi connectivity index (χ2n) is 9.31. The van der Waals surface area contributed by atoms with Crippen LogP contribution in [0.5, 0.6) is 0 Å². The van der Waals surface area contributed by atoms with Crippen LogP contribution in [0.4, 0.5) is 17.3 Å². The molecule has 2 aliphatic rings. The van der Waals surface area contributed by atoms with Gasteiger partial charge in [0.2, 0.25) is 0 Å². The van der Waals surface area contributed by atoms with E-state index >= 15 is 0 Å². The summed E-state index contributed by atoms with van der Waals surface area (Å²) in [6.45, 7) is 6.90. The topological polar surface area (TPSA) is 34.8 Å². The Kier molecular flexibility index (Phi) is 3.42. The Bertz CT molecular complexity index is 1430. The molecular weight excluding hydrogens is 418 g/mol. The Labute approximate surface area is 189 Å². The Morgan fingerprint density at radius 3 is 1.68 bits per heavy atom. The molecule has 0 atom stereocenters. The fourth-order valence-electron chi connectivity index (χ4n) is 4.67. The lowest BCUT2D eigenvalue weighted by molar-refractivity contribution is 0.587. The molecule has 5 heteroatoms. The minimum atomic E-state index is 0.0957. The maximum atomic E-state index is 3.72. The van der Waals surface area contributed by atoms with Crippen LogP contribution in [-0.4, -0.2) is 9.97 Å². The summed E-state index contributed by atoms with van der Waals surface area (Å²) >= 11 is 3.80. The van der Waals surface area contributed by atoms with Gasteiger partial charge in [0.15, 0.2) is 0 Å². The number of anilines is 3. The fourth-order valence-corrected chi connectivity index (χ4v) is 7.20. The molecule has 0 spiro atoms. The Morgan fingerprint density at radius 2 is 1.19 bits per heavy atom. The number of H-pyrrole nitrogens is 2. The lowest BCUT2D eigenvalue weighted by Gasteiger charge is -2.36. The highest BCUT2D eigenvalue weighted by Crippen LogP contribution is 2.62. The number of hydrogen-bond donors (Lipinski definition) is 2. The van der Waals surface area contributed by atoms with Crippen molar-refractivity contribution in [3.63, 3.8) is 0 Å². The van der Waals surface area contributed by atoms with Crippen molar-refractivity contribution in [1.82, 2.24) is 9.97 Å². The molecular formula is C26H21N3S2. The zero-order valence-electron chi connectivity index (χ0n) is 17.5. The van der Waals surface area contributed by atoms with E-state index in [1.54, 1.807) is 0 Å². The van der Waals surface area contributed by atoms with E-state index < -0.39 is 0 Å². The molecule has 0 bridgehead atoms. The highest BCUT2D eigenvalue weighted by Gasteiger charge is 2.37. The monoisotopic (exact) mass is 439 g/mol. The smallest absolute Gasteiger partial charge is 0.131 e. The molecule has 0 saturated heterocycles. The molecule has 7 rings (SSSR count). The van der Waals surface area contributed by atoms with Crippen LogP contribution in [0.15, 0.2) is 80.2 Å². The van der Waals surface area contributed by atoms with E-state index in [0.29, 0.717) is 0 Å². The molecule has 0 fully saturated rings. The summed E-state index contributed by atoms with van der Waals surface area (Å²) in [7, 11) is 0. The number of benzene rings is 3. The molecule has 5 aromatic rings. The van der Waals surface area contributed by atoms with E-state index in [-0.39, 0.29) is 5.41 Å². The highest BCUT2D eigenvalue weighted by atomic mass is 32.2. The summed E-state index contributed by atoms with van der Waals surface area (Å²) in [6.07, 6.45) is 0. The van der Waals surface area contributed by atoms with E-state index in [9.17, 15) is 0 Å². The van der Waals surface area contributed by atoms with Gasteiger partial charge in [-0.1, -0.05) is 80.7 Å². The lowest BCUT2D eigenvalue weighted by Crippen LogP contribution is -2.20. The average Bonchev–Trinajstić information content (AvgIpc) is 3.31. The van der Waals surface area contributed by atoms with Crippen molar-refractivity contribution >= 4 is 62.7 Å². The third-order valence-corrected chi connectivity index (χ3v) is 8.58. The number of nitrogens with one attached hydrogen (secondary N) is 2. The van der Waals surface area contributed by atoms with Gasteiger partial charge in [-0.05, 0) is 35.2 Å². The number of aromatic nitrogens is 2. The third kappa shape index (κ3) is 2.39. The minimum absolute atomic E-state index is 0.0957. The van der Waals surface area contributed by atoms with Gasteiger partial charge in [0.1, 0.15) is 11.6 Å². The molecule has 3 nitrogen and oxygen atoms in total. The number of rotatable bonds is 0. The van der Waals surface area contributed by atoms with Crippen LogP contribution in [0.1, 0.15) is 26.3 Å². The first-order valence-corrected chi connectivity index (χ1v) is 12.2. The normalized spacial score (nSPS) is 14.6. The molecule has 0 unspecified atom stereocenters. The molecule has 2 aromatic heterocycles. The maximum Gasteiger partial charge on any atom is 0.131 e. The van der Waals surface area contributed by atoms with Crippen LogP contribution in [-0.2, 0) is 5.41 Å². The summed E-state index contributed by atoms with van der Waals surface area (Å²) in [6, 6.07) is 22.1. The first-order valence-electron chi connectivity index (χ1n) is 10.5. The summed E-state index contributed by atoms with van der Waals surface area (Å²) in [5, 5.41) is 2.57. The first kappa shape index (κ1) is 17.9. The largest absolute Gasteiger partial charge is 0.340 e. The van der Waals surface area contributed by atoms with Crippen molar-refractivity contribution in [3.05, 3.63) is 66.2 Å². The molecule has 0 radical (unpaired) electrons. The quantitative estimate of drug-likeness (QED) is 0.249. The van der Waals surface area contributed by atoms with E-state index in [1.165, 1.54) is 52.6 Å². The van der Waals surface area contributed by atoms with Gasteiger partial charge in [-0.3, -0.25) is 4.90 Å². The van der Waals surface area contributed by atoms with Crippen molar-refractivity contribution in [2.45, 2.75) is 45.8 Å². The van der Waals surface area contributed by atoms with Crippen molar-refractivity contribution in [2.75, 3.05) is 4.90 Å². The predicted octanol–water partition coefficient (Wildman–Crippen LogP) is 8.35. The van der Waals surface area contributed by atoms with Gasteiger partial charge in [0, 0.05) is 31.6 Å². The first-order chi connectivity index (χ1) is 15.0. The average molecular weight is 440 g/mol. The number of aromatic amines is 2. The zero-order chi connectivity index (χ0) is 20.9. The molecule has 2 aliphatic heterocycles. The van der Waals surface area contributed by atoms with Gasteiger partial charge in [-0.25, -0.2) is 0 Å². The van der Waals surface area contributed by atoms with E-state index in [2.05, 4.69) is 96.3 Å². The van der Waals surface area contributed by atoms with Crippen molar-refractivity contribution in [1.29, 1.82) is 0 Å². The van der Waals surface area contributed by atoms with Crippen LogP contribution in [0, 0.1) is 0 Å². The fraction of sp³-hybridized carbons (Fsp3) is 0.154. The molecule has 4 heterocycles. The molecule has 3 aromatic carbocycles. The van der Waals surface area contributed by atoms with Gasteiger partial charge < -0.3 is 9.97 Å². The molecule has 0 saturated carbocycles. The third-order valence-electron chi connectivity index (χ3n) is 6.28. The lowest BCUT2D eigenvalue weighted by atomic mass is 9.87. The second-order valence-corrected chi connectivity index (χ2v) is 11.4. The highest BCUT2D eigenvalue weighted by molar-refractivity contribution is 8.01. The van der Waals surface area contributed by atoms with Crippen molar-refractivity contribution in [2.24, 2.45) is 0 Å². The molecule has 152 valence electrons. The van der Waals surface area contributed by atoms with E-state index in [4.69, 9.17) is 0 Å². The standard InChI is InChI=1S/C26H21N3S2/c1-26(2,3)14-12-19-21-20(13-14)31-23-16-9-5-7-11-18(16)28-25(23)29(21)24-22(30-19)15-8-4-6-10-17(15)27-24/h4-13,27-28H,1-3H3. The Morgan fingerprint density at radius 1 is 0.710 bits per heavy atom. The summed E-state index contributed by atoms with van der Waals surface area (Å²) in [4.78, 5) is 15.1. The van der Waals surface area contributed by atoms with Crippen LogP contribution >= 0.6 is 23.5 Å². The predicted molar refractivity (Wildman–Crippen MR) is 132 cm³/mol. The second kappa shape index (κ2) is 5.93.